The highest BCUT2D eigenvalue weighted by molar-refractivity contribution is 9.05. The molecule has 1 aromatic rings. The molecule has 0 saturated heterocycles. The van der Waals surface area contributed by atoms with Gasteiger partial charge in [-0.25, -0.2) is 9.68 Å². The summed E-state index contributed by atoms with van der Waals surface area (Å²) in [6, 6.07) is 8.68. The van der Waals surface area contributed by atoms with Crippen molar-refractivity contribution in [1.29, 1.82) is 0 Å². The summed E-state index contributed by atoms with van der Waals surface area (Å²) in [6.07, 6.45) is 0.262. The van der Waals surface area contributed by atoms with E-state index in [1.54, 1.807) is 37.3 Å². The maximum Gasteiger partial charge on any atom is 0.344 e. The first-order valence-electron chi connectivity index (χ1n) is 4.42. The Balaban J connectivity index is 3.15. The average molecular weight is 275 g/mol. The van der Waals surface area contributed by atoms with E-state index in [4.69, 9.17) is 4.89 Å². The molecule has 0 aliphatic heterocycles. The first-order valence-corrected chi connectivity index (χ1v) is 5.07. The van der Waals surface area contributed by atoms with Gasteiger partial charge >= 0.3 is 5.97 Å². The third kappa shape index (κ3) is 2.37. The van der Waals surface area contributed by atoms with Crippen LogP contribution in [0.25, 0.3) is 0 Å². The van der Waals surface area contributed by atoms with Crippen molar-refractivity contribution < 1.29 is 18.8 Å². The number of benzene rings is 1. The lowest BCUT2D eigenvalue weighted by Gasteiger charge is -2.25. The Hall–Kier alpha value is -0.910. The highest BCUT2D eigenvalue weighted by Gasteiger charge is 2.41. The molecule has 1 aromatic carbocycles. The zero-order valence-corrected chi connectivity index (χ0v) is 9.73. The van der Waals surface area contributed by atoms with E-state index >= 15 is 0 Å². The van der Waals surface area contributed by atoms with E-state index in [9.17, 15) is 9.90 Å². The van der Waals surface area contributed by atoms with E-state index in [0.29, 0.717) is 5.56 Å². The van der Waals surface area contributed by atoms with Gasteiger partial charge in [0.2, 0.25) is 5.60 Å². The first kappa shape index (κ1) is 12.2. The predicted octanol–water partition coefficient (Wildman–Crippen LogP) is 2.63. The number of carboxylic acid groups (broad SMARTS) is 1. The van der Waals surface area contributed by atoms with E-state index in [1.807, 2.05) is 0 Å². The molecular formula is C10H11BrO4. The molecular weight excluding hydrogens is 264 g/mol. The molecule has 0 radical (unpaired) electrons. The van der Waals surface area contributed by atoms with Crippen molar-refractivity contribution in [3.05, 3.63) is 35.9 Å². The first-order chi connectivity index (χ1) is 7.17. The maximum absolute atomic E-state index is 11.2. The third-order valence-corrected chi connectivity index (χ3v) is 2.39. The molecule has 0 spiro atoms. The maximum atomic E-state index is 11.2. The Kier molecular flexibility index (Phi) is 4.26. The Labute approximate surface area is 96.2 Å². The highest BCUT2D eigenvalue weighted by atomic mass is 79.9. The zero-order chi connectivity index (χ0) is 11.3. The van der Waals surface area contributed by atoms with Gasteiger partial charge in [0.1, 0.15) is 16.3 Å². The molecule has 82 valence electrons. The number of carboxylic acids is 1. The standard InChI is InChI=1S/C10H11BrO4/c1-2-10(9(12)13,14-15-11)8-6-4-3-5-7-8/h3-7H,2H2,1H3,(H,12,13). The van der Waals surface area contributed by atoms with Crippen LogP contribution in [0.2, 0.25) is 0 Å². The molecule has 0 amide bonds. The number of carbonyl (C=O) groups is 1. The molecule has 0 fully saturated rings. The zero-order valence-electron chi connectivity index (χ0n) is 8.14. The molecule has 0 heterocycles. The van der Waals surface area contributed by atoms with Gasteiger partial charge in [0.05, 0.1) is 0 Å². The van der Waals surface area contributed by atoms with Crippen LogP contribution in [0.5, 0.6) is 0 Å². The second-order valence-electron chi connectivity index (χ2n) is 3.00. The fraction of sp³-hybridized carbons (Fsp3) is 0.300. The van der Waals surface area contributed by atoms with Gasteiger partial charge in [-0.2, -0.15) is 3.98 Å². The number of hydrogen-bond acceptors (Lipinski definition) is 3. The number of rotatable bonds is 5. The highest BCUT2D eigenvalue weighted by Crippen LogP contribution is 2.30. The molecule has 0 saturated carbocycles. The normalized spacial score (nSPS) is 14.5. The van der Waals surface area contributed by atoms with E-state index in [0.717, 1.165) is 0 Å². The molecule has 1 rings (SSSR count). The van der Waals surface area contributed by atoms with Crippen LogP contribution in [0.4, 0.5) is 0 Å². The van der Waals surface area contributed by atoms with Crippen molar-refractivity contribution in [2.24, 2.45) is 0 Å². The summed E-state index contributed by atoms with van der Waals surface area (Å²) in [6.45, 7) is 1.72. The SMILES string of the molecule is CCC(OOBr)(C(=O)O)c1ccccc1. The van der Waals surface area contributed by atoms with Crippen molar-refractivity contribution >= 4 is 22.2 Å². The summed E-state index contributed by atoms with van der Waals surface area (Å²) in [4.78, 5) is 16.1. The van der Waals surface area contributed by atoms with E-state index in [-0.39, 0.29) is 6.42 Å². The minimum absolute atomic E-state index is 0.262. The van der Waals surface area contributed by atoms with Crippen molar-refractivity contribution in [3.8, 4) is 0 Å². The minimum atomic E-state index is -1.47. The minimum Gasteiger partial charge on any atom is -0.479 e. The number of halogens is 1. The van der Waals surface area contributed by atoms with Gasteiger partial charge in [0.25, 0.3) is 0 Å². The fourth-order valence-electron chi connectivity index (χ4n) is 1.38. The van der Waals surface area contributed by atoms with E-state index in [1.165, 1.54) is 0 Å². The van der Waals surface area contributed by atoms with Gasteiger partial charge in [-0.15, -0.1) is 0 Å². The lowest BCUT2D eigenvalue weighted by atomic mass is 9.91. The molecule has 0 aliphatic rings. The molecule has 15 heavy (non-hydrogen) atoms. The van der Waals surface area contributed by atoms with Gasteiger partial charge in [0.15, 0.2) is 0 Å². The molecule has 5 heteroatoms. The second kappa shape index (κ2) is 5.25. The van der Waals surface area contributed by atoms with Crippen LogP contribution in [0.1, 0.15) is 18.9 Å². The average Bonchev–Trinajstić information content (AvgIpc) is 2.26. The summed E-state index contributed by atoms with van der Waals surface area (Å²) in [7, 11) is 0. The predicted molar refractivity (Wildman–Crippen MR) is 57.1 cm³/mol. The topological polar surface area (TPSA) is 55.8 Å². The summed E-state index contributed by atoms with van der Waals surface area (Å²) in [5.41, 5.74) is -0.926. The van der Waals surface area contributed by atoms with Crippen molar-refractivity contribution in [2.75, 3.05) is 0 Å². The Morgan fingerprint density at radius 2 is 2.07 bits per heavy atom. The molecule has 1 N–H and O–H groups in total. The molecule has 0 aliphatic carbocycles. The molecule has 1 atom stereocenters. The largest absolute Gasteiger partial charge is 0.479 e. The van der Waals surface area contributed by atoms with Crippen LogP contribution in [0, 0.1) is 0 Å². The van der Waals surface area contributed by atoms with E-state index < -0.39 is 11.6 Å². The van der Waals surface area contributed by atoms with Crippen molar-refractivity contribution in [2.45, 2.75) is 18.9 Å². The monoisotopic (exact) mass is 274 g/mol. The van der Waals surface area contributed by atoms with Crippen LogP contribution in [-0.2, 0) is 19.3 Å². The smallest absolute Gasteiger partial charge is 0.344 e. The molecule has 4 nitrogen and oxygen atoms in total. The lowest BCUT2D eigenvalue weighted by Crippen LogP contribution is -2.37. The Morgan fingerprint density at radius 1 is 1.47 bits per heavy atom. The Bertz CT molecular complexity index is 327. The molecule has 0 bridgehead atoms. The van der Waals surface area contributed by atoms with Crippen LogP contribution in [0.15, 0.2) is 30.3 Å². The van der Waals surface area contributed by atoms with Gasteiger partial charge in [0, 0.05) is 0 Å². The summed E-state index contributed by atoms with van der Waals surface area (Å²) < 4.78 is 4.35. The van der Waals surface area contributed by atoms with Crippen molar-refractivity contribution in [1.82, 2.24) is 0 Å². The van der Waals surface area contributed by atoms with Crippen LogP contribution < -0.4 is 0 Å². The van der Waals surface area contributed by atoms with Crippen LogP contribution in [0.3, 0.4) is 0 Å². The second-order valence-corrected chi connectivity index (χ2v) is 3.26. The van der Waals surface area contributed by atoms with Crippen LogP contribution >= 0.6 is 16.3 Å². The molecule has 1 unspecified atom stereocenters. The number of aliphatic carboxylic acids is 1. The summed E-state index contributed by atoms with van der Waals surface area (Å²) in [5, 5.41) is 9.18. The fourth-order valence-corrected chi connectivity index (χ4v) is 1.61. The van der Waals surface area contributed by atoms with E-state index in [2.05, 4.69) is 20.2 Å². The summed E-state index contributed by atoms with van der Waals surface area (Å²) >= 11 is 2.61. The molecule has 0 aromatic heterocycles. The lowest BCUT2D eigenvalue weighted by molar-refractivity contribution is -0.278. The van der Waals surface area contributed by atoms with Crippen molar-refractivity contribution in [3.63, 3.8) is 0 Å². The van der Waals surface area contributed by atoms with Gasteiger partial charge in [-0.3, -0.25) is 0 Å². The Morgan fingerprint density at radius 3 is 2.47 bits per heavy atom. The summed E-state index contributed by atoms with van der Waals surface area (Å²) in [5.74, 6) is -1.09. The third-order valence-electron chi connectivity index (χ3n) is 2.26. The quantitative estimate of drug-likeness (QED) is 0.663. The number of hydrogen-bond donors (Lipinski definition) is 1. The van der Waals surface area contributed by atoms with Gasteiger partial charge < -0.3 is 5.11 Å². The van der Waals surface area contributed by atoms with Gasteiger partial charge in [-0.1, -0.05) is 37.3 Å². The van der Waals surface area contributed by atoms with Crippen LogP contribution in [-0.4, -0.2) is 11.1 Å². The van der Waals surface area contributed by atoms with Gasteiger partial charge in [-0.05, 0) is 12.0 Å².